The van der Waals surface area contributed by atoms with Crippen LogP contribution in [0.25, 0.3) is 0 Å². The van der Waals surface area contributed by atoms with Crippen molar-refractivity contribution in [1.82, 2.24) is 10.6 Å². The van der Waals surface area contributed by atoms with Crippen LogP contribution in [0.2, 0.25) is 0 Å². The molecule has 0 amide bonds. The van der Waals surface area contributed by atoms with Crippen LogP contribution in [0.4, 0.5) is 0 Å². The molecule has 0 saturated carbocycles. The fourth-order valence-electron chi connectivity index (χ4n) is 0.604. The summed E-state index contributed by atoms with van der Waals surface area (Å²) in [6, 6.07) is 0. The topological polar surface area (TPSA) is 130 Å². The second kappa shape index (κ2) is 7.40. The van der Waals surface area contributed by atoms with Crippen molar-refractivity contribution >= 4 is 10.4 Å². The van der Waals surface area contributed by atoms with Crippen molar-refractivity contribution in [1.29, 1.82) is 0 Å². The van der Waals surface area contributed by atoms with E-state index in [-0.39, 0.29) is 5.48 Å². The fraction of sp³-hybridized carbons (Fsp3) is 1.00. The van der Waals surface area contributed by atoms with Crippen molar-refractivity contribution in [3.63, 3.8) is 0 Å². The molecule has 6 N–H and O–H groups in total. The van der Waals surface area contributed by atoms with Crippen molar-refractivity contribution in [2.24, 2.45) is 0 Å². The third kappa shape index (κ3) is 22.6. The molecule has 8 heteroatoms. The van der Waals surface area contributed by atoms with Crippen LogP contribution in [0.15, 0.2) is 0 Å². The lowest BCUT2D eigenvalue weighted by Crippen LogP contribution is -2.39. The molecule has 1 saturated heterocycles. The second-order valence-electron chi connectivity index (χ2n) is 1.95. The van der Waals surface area contributed by atoms with Gasteiger partial charge in [-0.15, -0.1) is 0 Å². The molecule has 0 aromatic carbocycles. The molecule has 0 aliphatic carbocycles. The van der Waals surface area contributed by atoms with E-state index in [0.717, 1.165) is 26.2 Å². The number of nitrogens with one attached hydrogen (secondary N) is 2. The largest absolute Gasteiger partial charge is 0.412 e. The van der Waals surface area contributed by atoms with Gasteiger partial charge in [0.1, 0.15) is 0 Å². The fourth-order valence-corrected chi connectivity index (χ4v) is 0.604. The Labute approximate surface area is 71.0 Å². The zero-order valence-electron chi connectivity index (χ0n) is 6.45. The van der Waals surface area contributed by atoms with Gasteiger partial charge < -0.3 is 16.1 Å². The van der Waals surface area contributed by atoms with Gasteiger partial charge in [0.05, 0.1) is 0 Å². The third-order valence-electron chi connectivity index (χ3n) is 0.957. The molecule has 76 valence electrons. The smallest absolute Gasteiger partial charge is 0.394 e. The van der Waals surface area contributed by atoms with Crippen molar-refractivity contribution < 1.29 is 23.0 Å². The summed E-state index contributed by atoms with van der Waals surface area (Å²) in [6.45, 7) is 4.56. The van der Waals surface area contributed by atoms with E-state index in [0.29, 0.717) is 0 Å². The number of hydrogen-bond acceptors (Lipinski definition) is 4. The Kier molecular flexibility index (Phi) is 8.81. The Hall–Kier alpha value is -0.250. The average molecular weight is 202 g/mol. The van der Waals surface area contributed by atoms with Crippen molar-refractivity contribution in [2.45, 2.75) is 0 Å². The Bertz CT molecular complexity index is 156. The molecule has 0 radical (unpaired) electrons. The first-order chi connectivity index (χ1) is 5.00. The third-order valence-corrected chi connectivity index (χ3v) is 0.957. The minimum atomic E-state index is -4.67. The van der Waals surface area contributed by atoms with Gasteiger partial charge in [-0.2, -0.15) is 8.42 Å². The van der Waals surface area contributed by atoms with Gasteiger partial charge in [0.15, 0.2) is 0 Å². The summed E-state index contributed by atoms with van der Waals surface area (Å²) in [7, 11) is -4.67. The van der Waals surface area contributed by atoms with Crippen LogP contribution in [-0.2, 0) is 10.4 Å². The molecular formula is C4H14N2O5S. The SMILES string of the molecule is C1CNCCN1.O.O=S(=O)(O)O. The zero-order chi connectivity index (χ0) is 8.74. The van der Waals surface area contributed by atoms with Gasteiger partial charge >= 0.3 is 10.4 Å². The monoisotopic (exact) mass is 202 g/mol. The van der Waals surface area contributed by atoms with Crippen LogP contribution < -0.4 is 10.6 Å². The van der Waals surface area contributed by atoms with Crippen LogP contribution >= 0.6 is 0 Å². The first kappa shape index (κ1) is 14.3. The molecule has 7 nitrogen and oxygen atoms in total. The number of rotatable bonds is 0. The van der Waals surface area contributed by atoms with E-state index in [9.17, 15) is 0 Å². The summed E-state index contributed by atoms with van der Waals surface area (Å²) in [6.07, 6.45) is 0. The molecule has 0 spiro atoms. The lowest BCUT2D eigenvalue weighted by atomic mass is 10.4. The predicted molar refractivity (Wildman–Crippen MR) is 43.5 cm³/mol. The Morgan fingerprint density at radius 2 is 1.08 bits per heavy atom. The van der Waals surface area contributed by atoms with Gasteiger partial charge in [0.2, 0.25) is 0 Å². The van der Waals surface area contributed by atoms with E-state index < -0.39 is 10.4 Å². The van der Waals surface area contributed by atoms with Crippen LogP contribution in [0.5, 0.6) is 0 Å². The first-order valence-electron chi connectivity index (χ1n) is 3.11. The van der Waals surface area contributed by atoms with E-state index in [4.69, 9.17) is 17.5 Å². The van der Waals surface area contributed by atoms with Crippen LogP contribution in [-0.4, -0.2) is 49.2 Å². The van der Waals surface area contributed by atoms with Gasteiger partial charge in [-0.3, -0.25) is 9.11 Å². The zero-order valence-corrected chi connectivity index (χ0v) is 7.26. The Morgan fingerprint density at radius 1 is 0.917 bits per heavy atom. The predicted octanol–water partition coefficient (Wildman–Crippen LogP) is -2.30. The quantitative estimate of drug-likeness (QED) is 0.327. The number of hydrogen-bond donors (Lipinski definition) is 4. The van der Waals surface area contributed by atoms with Gasteiger partial charge in [-0.25, -0.2) is 0 Å². The molecule has 1 fully saturated rings. The maximum atomic E-state index is 8.74. The maximum absolute atomic E-state index is 8.74. The molecule has 12 heavy (non-hydrogen) atoms. The van der Waals surface area contributed by atoms with Crippen molar-refractivity contribution in [3.8, 4) is 0 Å². The highest BCUT2D eigenvalue weighted by Gasteiger charge is 1.91. The second-order valence-corrected chi connectivity index (χ2v) is 2.84. The molecule has 0 aromatic heterocycles. The van der Waals surface area contributed by atoms with Crippen molar-refractivity contribution in [2.75, 3.05) is 26.2 Å². The van der Waals surface area contributed by atoms with Gasteiger partial charge in [-0.05, 0) is 0 Å². The van der Waals surface area contributed by atoms with E-state index >= 15 is 0 Å². The van der Waals surface area contributed by atoms with E-state index in [1.165, 1.54) is 0 Å². The molecule has 0 atom stereocenters. The summed E-state index contributed by atoms with van der Waals surface area (Å²) in [5.41, 5.74) is 0. The van der Waals surface area contributed by atoms with Crippen LogP contribution in [0.1, 0.15) is 0 Å². The minimum Gasteiger partial charge on any atom is -0.412 e. The average Bonchev–Trinajstić information content (AvgIpc) is 1.88. The first-order valence-corrected chi connectivity index (χ1v) is 4.51. The van der Waals surface area contributed by atoms with Crippen LogP contribution in [0, 0.1) is 0 Å². The van der Waals surface area contributed by atoms with E-state index in [1.807, 2.05) is 0 Å². The summed E-state index contributed by atoms with van der Waals surface area (Å²) in [4.78, 5) is 0. The highest BCUT2D eigenvalue weighted by atomic mass is 32.3. The van der Waals surface area contributed by atoms with Crippen LogP contribution in [0.3, 0.4) is 0 Å². The molecule has 0 aromatic rings. The summed E-state index contributed by atoms with van der Waals surface area (Å²) >= 11 is 0. The normalized spacial score (nSPS) is 16.8. The standard InChI is InChI=1S/C4H10N2.H2O4S.H2O/c1-2-6-4-3-5-1;1-5(2,3)4;/h5-6H,1-4H2;(H2,1,2,3,4);1H2. The van der Waals surface area contributed by atoms with Gasteiger partial charge in [0.25, 0.3) is 0 Å². The lowest BCUT2D eigenvalue weighted by molar-refractivity contribution is 0.381. The summed E-state index contributed by atoms with van der Waals surface area (Å²) in [5.74, 6) is 0. The summed E-state index contributed by atoms with van der Waals surface area (Å²) in [5, 5.41) is 6.44. The molecule has 0 bridgehead atoms. The van der Waals surface area contributed by atoms with Gasteiger partial charge in [0, 0.05) is 26.2 Å². The highest BCUT2D eigenvalue weighted by Crippen LogP contribution is 1.65. The molecule has 1 aliphatic heterocycles. The molecule has 0 unspecified atom stereocenters. The maximum Gasteiger partial charge on any atom is 0.394 e. The summed E-state index contributed by atoms with van der Waals surface area (Å²) < 4.78 is 31.6. The van der Waals surface area contributed by atoms with Crippen molar-refractivity contribution in [3.05, 3.63) is 0 Å². The molecular weight excluding hydrogens is 188 g/mol. The lowest BCUT2D eigenvalue weighted by Gasteiger charge is -2.11. The van der Waals surface area contributed by atoms with E-state index in [1.54, 1.807) is 0 Å². The minimum absolute atomic E-state index is 0. The number of piperazine rings is 1. The molecule has 1 heterocycles. The van der Waals surface area contributed by atoms with Gasteiger partial charge in [-0.1, -0.05) is 0 Å². The Balaban J connectivity index is 0. The van der Waals surface area contributed by atoms with E-state index in [2.05, 4.69) is 10.6 Å². The highest BCUT2D eigenvalue weighted by molar-refractivity contribution is 7.79. The molecule has 1 rings (SSSR count). The molecule has 1 aliphatic rings. The Morgan fingerprint density at radius 3 is 1.17 bits per heavy atom.